The van der Waals surface area contributed by atoms with Crippen LogP contribution < -0.4 is 0 Å². The summed E-state index contributed by atoms with van der Waals surface area (Å²) >= 11 is 0. The summed E-state index contributed by atoms with van der Waals surface area (Å²) in [6, 6.07) is 0. The molecule has 1 heterocycles. The molecule has 1 saturated carbocycles. The van der Waals surface area contributed by atoms with Gasteiger partial charge in [0.15, 0.2) is 5.82 Å². The summed E-state index contributed by atoms with van der Waals surface area (Å²) in [4.78, 5) is 4.42. The van der Waals surface area contributed by atoms with E-state index in [-0.39, 0.29) is 5.41 Å². The second kappa shape index (κ2) is 5.39. The Morgan fingerprint density at radius 2 is 2.22 bits per heavy atom. The van der Waals surface area contributed by atoms with Gasteiger partial charge in [-0.1, -0.05) is 45.2 Å². The molecule has 1 aromatic heterocycles. The van der Waals surface area contributed by atoms with Crippen LogP contribution in [0.5, 0.6) is 0 Å². The highest BCUT2D eigenvalue weighted by Gasteiger charge is 2.37. The zero-order valence-corrected chi connectivity index (χ0v) is 11.6. The first-order valence-electron chi connectivity index (χ1n) is 7.06. The van der Waals surface area contributed by atoms with Crippen molar-refractivity contribution in [1.29, 1.82) is 0 Å². The van der Waals surface area contributed by atoms with Crippen LogP contribution in [0.1, 0.15) is 83.0 Å². The van der Waals surface area contributed by atoms with Gasteiger partial charge in [-0.15, -0.1) is 0 Å². The molecule has 18 heavy (non-hydrogen) atoms. The lowest BCUT2D eigenvalue weighted by atomic mass is 9.69. The van der Waals surface area contributed by atoms with Gasteiger partial charge in [-0.05, 0) is 24.7 Å². The van der Waals surface area contributed by atoms with Crippen LogP contribution in [0.25, 0.3) is 0 Å². The van der Waals surface area contributed by atoms with E-state index in [0.29, 0.717) is 24.1 Å². The van der Waals surface area contributed by atoms with Crippen molar-refractivity contribution in [2.24, 2.45) is 5.41 Å². The molecule has 4 heteroatoms. The summed E-state index contributed by atoms with van der Waals surface area (Å²) in [6.45, 7) is 6.57. The van der Waals surface area contributed by atoms with E-state index in [1.807, 2.05) is 6.92 Å². The van der Waals surface area contributed by atoms with Gasteiger partial charge in [0.1, 0.15) is 6.10 Å². The Bertz CT molecular complexity index is 387. The van der Waals surface area contributed by atoms with Crippen molar-refractivity contribution in [1.82, 2.24) is 10.1 Å². The molecule has 102 valence electrons. The number of aliphatic hydroxyl groups excluding tert-OH is 1. The van der Waals surface area contributed by atoms with E-state index in [2.05, 4.69) is 24.0 Å². The highest BCUT2D eigenvalue weighted by atomic mass is 16.5. The molecule has 4 nitrogen and oxygen atoms in total. The molecule has 1 N–H and O–H groups in total. The molecule has 2 atom stereocenters. The van der Waals surface area contributed by atoms with Gasteiger partial charge in [0.05, 0.1) is 0 Å². The highest BCUT2D eigenvalue weighted by molar-refractivity contribution is 5.03. The fourth-order valence-electron chi connectivity index (χ4n) is 2.88. The summed E-state index contributed by atoms with van der Waals surface area (Å²) in [5, 5.41) is 13.8. The van der Waals surface area contributed by atoms with E-state index in [0.717, 1.165) is 12.8 Å². The normalized spacial score (nSPS) is 25.0. The molecule has 0 aliphatic heterocycles. The average Bonchev–Trinajstić information content (AvgIpc) is 2.78. The van der Waals surface area contributed by atoms with E-state index in [1.165, 1.54) is 19.3 Å². The quantitative estimate of drug-likeness (QED) is 0.889. The summed E-state index contributed by atoms with van der Waals surface area (Å²) in [7, 11) is 0. The molecular weight excluding hydrogens is 228 g/mol. The van der Waals surface area contributed by atoms with Crippen LogP contribution in [-0.2, 0) is 0 Å². The Labute approximate surface area is 109 Å². The van der Waals surface area contributed by atoms with Crippen molar-refractivity contribution in [3.63, 3.8) is 0 Å². The Morgan fingerprint density at radius 3 is 2.89 bits per heavy atom. The summed E-state index contributed by atoms with van der Waals surface area (Å²) < 4.78 is 5.39. The van der Waals surface area contributed by atoms with Gasteiger partial charge in [0.25, 0.3) is 0 Å². The van der Waals surface area contributed by atoms with Crippen LogP contribution in [-0.4, -0.2) is 15.2 Å². The molecule has 2 unspecified atom stereocenters. The van der Waals surface area contributed by atoms with Crippen LogP contribution in [0, 0.1) is 5.41 Å². The summed E-state index contributed by atoms with van der Waals surface area (Å²) in [5.74, 6) is 1.50. The molecule has 0 aromatic carbocycles. The van der Waals surface area contributed by atoms with Gasteiger partial charge in [0, 0.05) is 5.92 Å². The average molecular weight is 252 g/mol. The lowest BCUT2D eigenvalue weighted by molar-refractivity contribution is 0.151. The van der Waals surface area contributed by atoms with E-state index < -0.39 is 6.10 Å². The second-order valence-electron chi connectivity index (χ2n) is 6.08. The molecule has 1 aliphatic rings. The first kappa shape index (κ1) is 13.5. The Kier molecular flexibility index (Phi) is 4.05. The minimum absolute atomic E-state index is 0.220. The molecular formula is C14H24N2O2. The molecule has 1 fully saturated rings. The molecule has 1 aromatic rings. The number of rotatable bonds is 4. The van der Waals surface area contributed by atoms with Gasteiger partial charge < -0.3 is 9.63 Å². The van der Waals surface area contributed by atoms with Crippen LogP contribution in [0.15, 0.2) is 4.52 Å². The smallest absolute Gasteiger partial charge is 0.230 e. The topological polar surface area (TPSA) is 59.2 Å². The van der Waals surface area contributed by atoms with Gasteiger partial charge in [-0.2, -0.15) is 4.98 Å². The number of hydrogen-bond donors (Lipinski definition) is 1. The monoisotopic (exact) mass is 252 g/mol. The molecule has 1 aliphatic carbocycles. The van der Waals surface area contributed by atoms with Crippen molar-refractivity contribution >= 4 is 0 Å². The molecule has 0 spiro atoms. The van der Waals surface area contributed by atoms with E-state index in [1.54, 1.807) is 0 Å². The lowest BCUT2D eigenvalue weighted by Crippen LogP contribution is -2.26. The maximum Gasteiger partial charge on any atom is 0.230 e. The molecule has 0 bridgehead atoms. The van der Waals surface area contributed by atoms with Gasteiger partial charge in [-0.3, -0.25) is 0 Å². The van der Waals surface area contributed by atoms with Crippen molar-refractivity contribution in [3.05, 3.63) is 11.7 Å². The zero-order chi connectivity index (χ0) is 13.2. The van der Waals surface area contributed by atoms with Gasteiger partial charge in [-0.25, -0.2) is 0 Å². The standard InChI is InChI=1S/C14H24N2O2/c1-4-7-11(17)12-15-13(18-16-12)10-8-5-6-9-14(10,2)3/h10-11,17H,4-9H2,1-3H3. The van der Waals surface area contributed by atoms with Gasteiger partial charge >= 0.3 is 0 Å². The van der Waals surface area contributed by atoms with Gasteiger partial charge in [0.2, 0.25) is 5.89 Å². The van der Waals surface area contributed by atoms with Crippen molar-refractivity contribution in [2.75, 3.05) is 0 Å². The van der Waals surface area contributed by atoms with Crippen LogP contribution in [0.3, 0.4) is 0 Å². The minimum atomic E-state index is -0.584. The predicted octanol–water partition coefficient (Wildman–Crippen LogP) is 3.59. The molecule has 2 rings (SSSR count). The van der Waals surface area contributed by atoms with E-state index in [9.17, 15) is 5.11 Å². The minimum Gasteiger partial charge on any atom is -0.385 e. The fourth-order valence-corrected chi connectivity index (χ4v) is 2.88. The van der Waals surface area contributed by atoms with E-state index >= 15 is 0 Å². The third-order valence-electron chi connectivity index (χ3n) is 4.12. The Hall–Kier alpha value is -0.900. The van der Waals surface area contributed by atoms with Crippen molar-refractivity contribution < 1.29 is 9.63 Å². The fraction of sp³-hybridized carbons (Fsp3) is 0.857. The number of nitrogens with zero attached hydrogens (tertiary/aromatic N) is 2. The van der Waals surface area contributed by atoms with Crippen molar-refractivity contribution in [2.45, 2.75) is 71.3 Å². The number of aliphatic hydroxyl groups is 1. The Balaban J connectivity index is 2.13. The Morgan fingerprint density at radius 1 is 1.44 bits per heavy atom. The maximum atomic E-state index is 9.88. The number of aromatic nitrogens is 2. The molecule has 0 amide bonds. The molecule has 0 saturated heterocycles. The first-order valence-corrected chi connectivity index (χ1v) is 7.06. The second-order valence-corrected chi connectivity index (χ2v) is 6.08. The zero-order valence-electron chi connectivity index (χ0n) is 11.6. The van der Waals surface area contributed by atoms with Crippen molar-refractivity contribution in [3.8, 4) is 0 Å². The van der Waals surface area contributed by atoms with Crippen LogP contribution in [0.4, 0.5) is 0 Å². The van der Waals surface area contributed by atoms with E-state index in [4.69, 9.17) is 4.52 Å². The highest BCUT2D eigenvalue weighted by Crippen LogP contribution is 2.46. The molecule has 0 radical (unpaired) electrons. The number of hydrogen-bond acceptors (Lipinski definition) is 4. The lowest BCUT2D eigenvalue weighted by Gasteiger charge is -2.36. The third kappa shape index (κ3) is 2.74. The summed E-state index contributed by atoms with van der Waals surface area (Å²) in [5.41, 5.74) is 0.220. The third-order valence-corrected chi connectivity index (χ3v) is 4.12. The summed E-state index contributed by atoms with van der Waals surface area (Å²) in [6.07, 6.45) is 5.84. The van der Waals surface area contributed by atoms with Crippen LogP contribution in [0.2, 0.25) is 0 Å². The predicted molar refractivity (Wildman–Crippen MR) is 69.2 cm³/mol. The van der Waals surface area contributed by atoms with Crippen LogP contribution >= 0.6 is 0 Å². The largest absolute Gasteiger partial charge is 0.385 e. The SMILES string of the molecule is CCCC(O)c1noc(C2CCCCC2(C)C)n1. The first-order chi connectivity index (χ1) is 8.54. The maximum absolute atomic E-state index is 9.88.